The van der Waals surface area contributed by atoms with Crippen molar-refractivity contribution in [3.05, 3.63) is 18.2 Å². The summed E-state index contributed by atoms with van der Waals surface area (Å²) < 4.78 is 43.3. The fraction of sp³-hybridized carbons (Fsp3) is 0.619. The number of fused-ring (bicyclic) bond motifs is 1. The summed E-state index contributed by atoms with van der Waals surface area (Å²) in [6, 6.07) is 4.33. The maximum absolute atomic E-state index is 12.6. The average molecular weight is 455 g/mol. The zero-order valence-corrected chi connectivity index (χ0v) is 18.9. The third kappa shape index (κ3) is 6.10. The third-order valence-electron chi connectivity index (χ3n) is 5.28. The molecule has 1 fully saturated rings. The van der Waals surface area contributed by atoms with Gasteiger partial charge in [0.25, 0.3) is 5.91 Å². The summed E-state index contributed by atoms with van der Waals surface area (Å²) in [5.41, 5.74) is 0. The molecule has 2 aliphatic rings. The fourth-order valence-corrected chi connectivity index (χ4v) is 5.01. The highest BCUT2D eigenvalue weighted by atomic mass is 32.2. The van der Waals surface area contributed by atoms with Crippen molar-refractivity contribution in [2.45, 2.75) is 44.6 Å². The maximum atomic E-state index is 12.6. The molecule has 0 spiro atoms. The summed E-state index contributed by atoms with van der Waals surface area (Å²) in [5, 5.41) is 0. The van der Waals surface area contributed by atoms with E-state index in [-0.39, 0.29) is 23.8 Å². The molecule has 3 unspecified atom stereocenters. The summed E-state index contributed by atoms with van der Waals surface area (Å²) >= 11 is 0. The molecular formula is C21H30N2O7S. The van der Waals surface area contributed by atoms with Crippen LogP contribution < -0.4 is 14.2 Å². The van der Waals surface area contributed by atoms with Gasteiger partial charge in [0, 0.05) is 25.7 Å². The SMILES string of the molecule is CC1CC(C)CN(C(=O)C(C)OC(=O)CCNS(=O)(=O)c2ccc3c(c2)OCCO3)C1. The summed E-state index contributed by atoms with van der Waals surface area (Å²) in [7, 11) is -3.83. The molecule has 2 aliphatic heterocycles. The molecule has 9 nitrogen and oxygen atoms in total. The van der Waals surface area contributed by atoms with Crippen molar-refractivity contribution < 1.29 is 32.2 Å². The zero-order chi connectivity index (χ0) is 22.6. The van der Waals surface area contributed by atoms with Gasteiger partial charge in [-0.05, 0) is 37.3 Å². The van der Waals surface area contributed by atoms with Crippen molar-refractivity contribution in [1.29, 1.82) is 0 Å². The van der Waals surface area contributed by atoms with E-state index in [9.17, 15) is 18.0 Å². The highest BCUT2D eigenvalue weighted by Crippen LogP contribution is 2.32. The Bertz CT molecular complexity index is 908. The molecule has 1 amide bonds. The lowest BCUT2D eigenvalue weighted by atomic mass is 9.91. The Labute approximate surface area is 183 Å². The number of likely N-dealkylation sites (tertiary alicyclic amines) is 1. The minimum atomic E-state index is -3.83. The second-order valence-electron chi connectivity index (χ2n) is 8.27. The zero-order valence-electron chi connectivity index (χ0n) is 18.1. The van der Waals surface area contributed by atoms with Crippen LogP contribution in [0, 0.1) is 11.8 Å². The molecule has 0 saturated carbocycles. The normalized spacial score (nSPS) is 22.0. The molecule has 1 aromatic carbocycles. The minimum absolute atomic E-state index is 0.0157. The van der Waals surface area contributed by atoms with Gasteiger partial charge in [0.15, 0.2) is 17.6 Å². The Morgan fingerprint density at radius 3 is 2.48 bits per heavy atom. The van der Waals surface area contributed by atoms with Crippen molar-refractivity contribution in [3.8, 4) is 11.5 Å². The standard InChI is InChI=1S/C21H30N2O7S/c1-14-10-15(2)13-23(12-14)21(25)16(3)30-20(24)6-7-22-31(26,27)17-4-5-18-19(11-17)29-9-8-28-18/h4-5,11,14-16,22H,6-10,12-13H2,1-3H3. The number of hydrogen-bond acceptors (Lipinski definition) is 7. The van der Waals surface area contributed by atoms with Gasteiger partial charge in [-0.2, -0.15) is 0 Å². The van der Waals surface area contributed by atoms with Crippen LogP contribution in [0.4, 0.5) is 0 Å². The molecule has 3 rings (SSSR count). The fourth-order valence-electron chi connectivity index (χ4n) is 3.97. The molecule has 0 aromatic heterocycles. The second kappa shape index (κ2) is 9.86. The van der Waals surface area contributed by atoms with Crippen LogP contribution in [-0.4, -0.2) is 64.1 Å². The molecule has 3 atom stereocenters. The van der Waals surface area contributed by atoms with Gasteiger partial charge in [-0.1, -0.05) is 13.8 Å². The topological polar surface area (TPSA) is 111 Å². The summed E-state index contributed by atoms with van der Waals surface area (Å²) in [5.74, 6) is 0.815. The molecule has 0 bridgehead atoms. The van der Waals surface area contributed by atoms with Gasteiger partial charge in [-0.3, -0.25) is 9.59 Å². The lowest BCUT2D eigenvalue weighted by molar-refractivity contribution is -0.160. The lowest BCUT2D eigenvalue weighted by Gasteiger charge is -2.36. The van der Waals surface area contributed by atoms with E-state index in [2.05, 4.69) is 18.6 Å². The Kier molecular flexibility index (Phi) is 7.42. The van der Waals surface area contributed by atoms with Gasteiger partial charge >= 0.3 is 5.97 Å². The van der Waals surface area contributed by atoms with Crippen LogP contribution in [0.5, 0.6) is 11.5 Å². The molecule has 31 heavy (non-hydrogen) atoms. The smallest absolute Gasteiger partial charge is 0.307 e. The number of carbonyl (C=O) groups excluding carboxylic acids is 2. The number of benzene rings is 1. The molecule has 0 aliphatic carbocycles. The monoisotopic (exact) mass is 454 g/mol. The van der Waals surface area contributed by atoms with Crippen LogP contribution in [0.25, 0.3) is 0 Å². The number of hydrogen-bond donors (Lipinski definition) is 1. The number of esters is 1. The molecular weight excluding hydrogens is 424 g/mol. The lowest BCUT2D eigenvalue weighted by Crippen LogP contribution is -2.47. The van der Waals surface area contributed by atoms with E-state index in [0.717, 1.165) is 6.42 Å². The number of amides is 1. The predicted molar refractivity (Wildman–Crippen MR) is 112 cm³/mol. The first-order valence-electron chi connectivity index (χ1n) is 10.5. The summed E-state index contributed by atoms with van der Waals surface area (Å²) in [6.45, 7) is 7.66. The average Bonchev–Trinajstić information content (AvgIpc) is 2.71. The van der Waals surface area contributed by atoms with E-state index in [1.165, 1.54) is 18.2 Å². The van der Waals surface area contributed by atoms with Crippen molar-refractivity contribution in [2.75, 3.05) is 32.8 Å². The van der Waals surface area contributed by atoms with Gasteiger partial charge in [-0.25, -0.2) is 13.1 Å². The van der Waals surface area contributed by atoms with Gasteiger partial charge in [0.1, 0.15) is 13.2 Å². The van der Waals surface area contributed by atoms with Crippen LogP contribution in [0.2, 0.25) is 0 Å². The Balaban J connectivity index is 1.47. The Hall–Kier alpha value is -2.33. The maximum Gasteiger partial charge on any atom is 0.307 e. The largest absolute Gasteiger partial charge is 0.486 e. The number of ether oxygens (including phenoxy) is 3. The molecule has 0 radical (unpaired) electrons. The van der Waals surface area contributed by atoms with Crippen LogP contribution in [0.15, 0.2) is 23.1 Å². The van der Waals surface area contributed by atoms with Crippen molar-refractivity contribution in [3.63, 3.8) is 0 Å². The van der Waals surface area contributed by atoms with Gasteiger partial charge in [0.2, 0.25) is 10.0 Å². The van der Waals surface area contributed by atoms with E-state index in [0.29, 0.717) is 49.6 Å². The number of nitrogens with one attached hydrogen (secondary N) is 1. The molecule has 172 valence electrons. The van der Waals surface area contributed by atoms with Crippen molar-refractivity contribution >= 4 is 21.9 Å². The number of sulfonamides is 1. The van der Waals surface area contributed by atoms with Crippen LogP contribution >= 0.6 is 0 Å². The molecule has 1 N–H and O–H groups in total. The van der Waals surface area contributed by atoms with E-state index in [1.807, 2.05) is 0 Å². The number of carbonyl (C=O) groups is 2. The van der Waals surface area contributed by atoms with E-state index in [1.54, 1.807) is 11.8 Å². The van der Waals surface area contributed by atoms with E-state index in [4.69, 9.17) is 14.2 Å². The third-order valence-corrected chi connectivity index (χ3v) is 6.74. The minimum Gasteiger partial charge on any atom is -0.486 e. The first-order chi connectivity index (χ1) is 14.7. The van der Waals surface area contributed by atoms with E-state index >= 15 is 0 Å². The quantitative estimate of drug-likeness (QED) is 0.623. The number of nitrogens with zero attached hydrogens (tertiary/aromatic N) is 1. The predicted octanol–water partition coefficient (Wildman–Crippen LogP) is 1.56. The summed E-state index contributed by atoms with van der Waals surface area (Å²) in [6.07, 6.45) is -0.0187. The van der Waals surface area contributed by atoms with Crippen LogP contribution in [0.3, 0.4) is 0 Å². The molecule has 1 saturated heterocycles. The number of piperidine rings is 1. The Morgan fingerprint density at radius 1 is 1.16 bits per heavy atom. The molecule has 10 heteroatoms. The van der Waals surface area contributed by atoms with Crippen molar-refractivity contribution in [2.24, 2.45) is 11.8 Å². The highest BCUT2D eigenvalue weighted by molar-refractivity contribution is 7.89. The first-order valence-corrected chi connectivity index (χ1v) is 12.0. The van der Waals surface area contributed by atoms with Gasteiger partial charge in [0.05, 0.1) is 11.3 Å². The highest BCUT2D eigenvalue weighted by Gasteiger charge is 2.30. The molecule has 1 aromatic rings. The summed E-state index contributed by atoms with van der Waals surface area (Å²) in [4.78, 5) is 26.4. The second-order valence-corrected chi connectivity index (χ2v) is 10.0. The Morgan fingerprint density at radius 2 is 1.81 bits per heavy atom. The number of rotatable bonds is 7. The van der Waals surface area contributed by atoms with Crippen LogP contribution in [-0.2, 0) is 24.3 Å². The van der Waals surface area contributed by atoms with Crippen molar-refractivity contribution in [1.82, 2.24) is 9.62 Å². The molecule has 2 heterocycles. The van der Waals surface area contributed by atoms with E-state index < -0.39 is 22.1 Å². The first kappa shape index (κ1) is 23.3. The van der Waals surface area contributed by atoms with Crippen LogP contribution in [0.1, 0.15) is 33.6 Å². The van der Waals surface area contributed by atoms with Gasteiger partial charge < -0.3 is 19.1 Å². The van der Waals surface area contributed by atoms with Gasteiger partial charge in [-0.15, -0.1) is 0 Å².